The second-order valence-corrected chi connectivity index (χ2v) is 5.90. The molecule has 0 bridgehead atoms. The van der Waals surface area contributed by atoms with Gasteiger partial charge in [-0.1, -0.05) is 33.1 Å². The van der Waals surface area contributed by atoms with Gasteiger partial charge in [-0.15, -0.1) is 0 Å². The lowest BCUT2D eigenvalue weighted by molar-refractivity contribution is -0.133. The summed E-state index contributed by atoms with van der Waals surface area (Å²) in [4.78, 5) is 35.5. The van der Waals surface area contributed by atoms with Gasteiger partial charge in [-0.2, -0.15) is 0 Å². The molecule has 1 aliphatic rings. The molecule has 0 aromatic carbocycles. The molecule has 1 aliphatic carbocycles. The molecule has 7 nitrogen and oxygen atoms in total. The smallest absolute Gasteiger partial charge is 0.426 e. The minimum absolute atomic E-state index is 0.0131. The zero-order chi connectivity index (χ0) is 16.5. The molecule has 0 radical (unpaired) electrons. The van der Waals surface area contributed by atoms with E-state index in [1.165, 1.54) is 6.42 Å². The van der Waals surface area contributed by atoms with Gasteiger partial charge in [0.25, 0.3) is 5.91 Å². The molecule has 3 amide bonds. The van der Waals surface area contributed by atoms with Gasteiger partial charge in [0.15, 0.2) is 0 Å². The van der Waals surface area contributed by atoms with E-state index in [9.17, 15) is 14.4 Å². The topological polar surface area (TPSA) is 96.5 Å². The molecule has 1 rings (SSSR count). The van der Waals surface area contributed by atoms with Crippen molar-refractivity contribution in [2.45, 2.75) is 58.9 Å². The van der Waals surface area contributed by atoms with Crippen molar-refractivity contribution in [2.75, 3.05) is 6.61 Å². The third-order valence-electron chi connectivity index (χ3n) is 3.79. The summed E-state index contributed by atoms with van der Waals surface area (Å²) in [5.41, 5.74) is 4.44. The minimum atomic E-state index is -0.725. The molecule has 1 fully saturated rings. The molecule has 3 N–H and O–H groups in total. The van der Waals surface area contributed by atoms with Crippen molar-refractivity contribution < 1.29 is 19.1 Å². The van der Waals surface area contributed by atoms with Gasteiger partial charge < -0.3 is 10.1 Å². The molecule has 0 heterocycles. The quantitative estimate of drug-likeness (QED) is 0.670. The summed E-state index contributed by atoms with van der Waals surface area (Å²) >= 11 is 0. The number of hydrogen-bond donors (Lipinski definition) is 3. The van der Waals surface area contributed by atoms with Gasteiger partial charge in [0, 0.05) is 5.92 Å². The first-order valence-electron chi connectivity index (χ1n) is 7.98. The predicted octanol–water partition coefficient (Wildman–Crippen LogP) is 1.48. The van der Waals surface area contributed by atoms with E-state index in [1.807, 2.05) is 13.8 Å². The van der Waals surface area contributed by atoms with E-state index in [4.69, 9.17) is 0 Å². The van der Waals surface area contributed by atoms with Crippen LogP contribution in [0.15, 0.2) is 0 Å². The number of rotatable bonds is 5. The second-order valence-electron chi connectivity index (χ2n) is 5.90. The highest BCUT2D eigenvalue weighted by Gasteiger charge is 2.28. The third kappa shape index (κ3) is 5.91. The van der Waals surface area contributed by atoms with Crippen molar-refractivity contribution in [3.05, 3.63) is 0 Å². The Bertz CT molecular complexity index is 392. The Morgan fingerprint density at radius 3 is 2.27 bits per heavy atom. The number of carbonyl (C=O) groups excluding carboxylic acids is 3. The molecule has 7 heteroatoms. The van der Waals surface area contributed by atoms with Crippen LogP contribution in [0.2, 0.25) is 0 Å². The minimum Gasteiger partial charge on any atom is -0.449 e. The van der Waals surface area contributed by atoms with Gasteiger partial charge in [0.05, 0.1) is 6.61 Å². The van der Waals surface area contributed by atoms with Crippen LogP contribution in [0, 0.1) is 11.8 Å². The van der Waals surface area contributed by atoms with Crippen molar-refractivity contribution in [1.82, 2.24) is 16.2 Å². The lowest BCUT2D eigenvalue weighted by Crippen LogP contribution is -2.55. The van der Waals surface area contributed by atoms with E-state index in [1.54, 1.807) is 6.92 Å². The Morgan fingerprint density at radius 1 is 1.09 bits per heavy atom. The highest BCUT2D eigenvalue weighted by Crippen LogP contribution is 2.24. The molecule has 1 saturated carbocycles. The Morgan fingerprint density at radius 2 is 1.73 bits per heavy atom. The first-order chi connectivity index (χ1) is 10.5. The zero-order valence-electron chi connectivity index (χ0n) is 13.6. The summed E-state index contributed by atoms with van der Waals surface area (Å²) in [7, 11) is 0. The molecule has 0 unspecified atom stereocenters. The monoisotopic (exact) mass is 313 g/mol. The maximum Gasteiger partial charge on any atom is 0.426 e. The summed E-state index contributed by atoms with van der Waals surface area (Å²) in [5.74, 6) is -0.630. The largest absolute Gasteiger partial charge is 0.449 e. The fraction of sp³-hybridized carbons (Fsp3) is 0.800. The first kappa shape index (κ1) is 18.3. The fourth-order valence-corrected chi connectivity index (χ4v) is 2.53. The summed E-state index contributed by atoms with van der Waals surface area (Å²) < 4.78 is 4.66. The van der Waals surface area contributed by atoms with Crippen LogP contribution in [-0.2, 0) is 14.3 Å². The van der Waals surface area contributed by atoms with E-state index >= 15 is 0 Å². The molecular weight excluding hydrogens is 286 g/mol. The van der Waals surface area contributed by atoms with Crippen LogP contribution < -0.4 is 16.2 Å². The van der Waals surface area contributed by atoms with Gasteiger partial charge in [0.2, 0.25) is 5.91 Å². The summed E-state index contributed by atoms with van der Waals surface area (Å²) in [6.07, 6.45) is 4.30. The second kappa shape index (κ2) is 9.27. The van der Waals surface area contributed by atoms with Crippen LogP contribution in [0.25, 0.3) is 0 Å². The normalized spacial score (nSPS) is 16.7. The molecule has 22 heavy (non-hydrogen) atoms. The summed E-state index contributed by atoms with van der Waals surface area (Å²) in [5, 5.41) is 2.80. The van der Waals surface area contributed by atoms with Crippen LogP contribution in [0.5, 0.6) is 0 Å². The van der Waals surface area contributed by atoms with E-state index in [0.29, 0.717) is 0 Å². The Labute approximate surface area is 131 Å². The van der Waals surface area contributed by atoms with Crippen LogP contribution in [0.1, 0.15) is 52.9 Å². The van der Waals surface area contributed by atoms with E-state index in [0.717, 1.165) is 25.7 Å². The lowest BCUT2D eigenvalue weighted by atomic mass is 9.88. The van der Waals surface area contributed by atoms with Crippen molar-refractivity contribution in [2.24, 2.45) is 11.8 Å². The van der Waals surface area contributed by atoms with Gasteiger partial charge in [-0.3, -0.25) is 15.0 Å². The Hall–Kier alpha value is -1.79. The molecule has 0 saturated heterocycles. The van der Waals surface area contributed by atoms with E-state index in [-0.39, 0.29) is 24.3 Å². The molecule has 126 valence electrons. The maximum atomic E-state index is 12.3. The van der Waals surface area contributed by atoms with Crippen molar-refractivity contribution >= 4 is 17.9 Å². The third-order valence-corrected chi connectivity index (χ3v) is 3.79. The highest BCUT2D eigenvalue weighted by molar-refractivity contribution is 5.89. The van der Waals surface area contributed by atoms with Gasteiger partial charge in [-0.25, -0.2) is 10.2 Å². The predicted molar refractivity (Wildman–Crippen MR) is 81.6 cm³/mol. The molecule has 0 aliphatic heterocycles. The SMILES string of the molecule is CCOC(=O)NNC(=O)[C@H](NC(=O)C1CCCCC1)C(C)C. The Kier molecular flexibility index (Phi) is 7.70. The number of hydrogen-bond acceptors (Lipinski definition) is 4. The van der Waals surface area contributed by atoms with Gasteiger partial charge >= 0.3 is 6.09 Å². The molecular formula is C15H27N3O4. The van der Waals surface area contributed by atoms with Crippen molar-refractivity contribution in [1.29, 1.82) is 0 Å². The van der Waals surface area contributed by atoms with Crippen LogP contribution >= 0.6 is 0 Å². The van der Waals surface area contributed by atoms with Crippen molar-refractivity contribution in [3.8, 4) is 0 Å². The average Bonchev–Trinajstić information content (AvgIpc) is 2.51. The van der Waals surface area contributed by atoms with Crippen molar-refractivity contribution in [3.63, 3.8) is 0 Å². The summed E-state index contributed by atoms with van der Waals surface area (Å²) in [6.45, 7) is 5.57. The standard InChI is InChI=1S/C15H27N3O4/c1-4-22-15(21)18-17-14(20)12(10(2)3)16-13(19)11-8-6-5-7-9-11/h10-12H,4-9H2,1-3H3,(H,16,19)(H,17,20)(H,18,21)/t12-/m1/s1. The van der Waals surface area contributed by atoms with Gasteiger partial charge in [0.1, 0.15) is 6.04 Å². The lowest BCUT2D eigenvalue weighted by Gasteiger charge is -2.26. The zero-order valence-corrected chi connectivity index (χ0v) is 13.6. The Balaban J connectivity index is 2.51. The maximum absolute atomic E-state index is 12.3. The highest BCUT2D eigenvalue weighted by atomic mass is 16.5. The number of ether oxygens (including phenoxy) is 1. The number of nitrogens with one attached hydrogen (secondary N) is 3. The molecule has 0 aromatic heterocycles. The summed E-state index contributed by atoms with van der Waals surface area (Å²) in [6, 6.07) is -0.684. The molecule has 1 atom stereocenters. The van der Waals surface area contributed by atoms with E-state index < -0.39 is 18.0 Å². The van der Waals surface area contributed by atoms with Crippen LogP contribution in [-0.4, -0.2) is 30.6 Å². The number of hydrazine groups is 1. The molecule has 0 spiro atoms. The molecule has 0 aromatic rings. The average molecular weight is 313 g/mol. The van der Waals surface area contributed by atoms with Crippen LogP contribution in [0.3, 0.4) is 0 Å². The van der Waals surface area contributed by atoms with E-state index in [2.05, 4.69) is 20.9 Å². The fourth-order valence-electron chi connectivity index (χ4n) is 2.53. The first-order valence-corrected chi connectivity index (χ1v) is 7.98. The van der Waals surface area contributed by atoms with Gasteiger partial charge in [-0.05, 0) is 25.7 Å². The number of amides is 3. The van der Waals surface area contributed by atoms with Crippen LogP contribution in [0.4, 0.5) is 4.79 Å². The number of carbonyl (C=O) groups is 3.